The third kappa shape index (κ3) is 8.40. The lowest BCUT2D eigenvalue weighted by Gasteiger charge is -2.07. The molecule has 0 amide bonds. The highest BCUT2D eigenvalue weighted by molar-refractivity contribution is 6.08. The van der Waals surface area contributed by atoms with E-state index in [1.807, 2.05) is 54.6 Å². The maximum atomic E-state index is 12.4. The molecular formula is C24H32O3. The van der Waals surface area contributed by atoms with Crippen LogP contribution in [0.5, 0.6) is 5.75 Å². The van der Waals surface area contributed by atoms with Gasteiger partial charge in [0.15, 0.2) is 5.78 Å². The molecule has 0 fully saturated rings. The number of unbranched alkanes of at least 4 members (excludes halogenated alkanes) is 8. The van der Waals surface area contributed by atoms with E-state index in [-0.39, 0.29) is 5.78 Å². The van der Waals surface area contributed by atoms with E-state index in [1.165, 1.54) is 38.5 Å². The highest BCUT2D eigenvalue weighted by atomic mass is 16.5. The molecule has 146 valence electrons. The molecule has 0 aliphatic carbocycles. The van der Waals surface area contributed by atoms with Crippen molar-refractivity contribution in [3.05, 3.63) is 65.7 Å². The van der Waals surface area contributed by atoms with E-state index in [1.54, 1.807) is 0 Å². The summed E-state index contributed by atoms with van der Waals surface area (Å²) in [7, 11) is 0. The minimum Gasteiger partial charge on any atom is -0.494 e. The monoisotopic (exact) mass is 368 g/mol. The molecule has 0 heterocycles. The van der Waals surface area contributed by atoms with Crippen LogP contribution in [0.15, 0.2) is 54.6 Å². The zero-order valence-corrected chi connectivity index (χ0v) is 16.2. The normalized spacial score (nSPS) is 10.7. The van der Waals surface area contributed by atoms with Crippen LogP contribution in [0.25, 0.3) is 0 Å². The second-order valence-corrected chi connectivity index (χ2v) is 6.97. The smallest absolute Gasteiger partial charge is 0.193 e. The molecule has 0 radical (unpaired) electrons. The van der Waals surface area contributed by atoms with Crippen molar-refractivity contribution in [3.8, 4) is 5.75 Å². The molecule has 0 bridgehead atoms. The van der Waals surface area contributed by atoms with Gasteiger partial charge in [0.2, 0.25) is 0 Å². The number of carbonyl (C=O) groups is 1. The van der Waals surface area contributed by atoms with Gasteiger partial charge in [-0.1, -0.05) is 75.3 Å². The summed E-state index contributed by atoms with van der Waals surface area (Å²) in [5.41, 5.74) is 1.40. The lowest BCUT2D eigenvalue weighted by Crippen LogP contribution is -2.01. The Labute approximate surface area is 163 Å². The lowest BCUT2D eigenvalue weighted by atomic mass is 10.0. The van der Waals surface area contributed by atoms with Crippen LogP contribution in [0.1, 0.15) is 73.7 Å². The number of carbonyl (C=O) groups excluding carboxylic acids is 1. The van der Waals surface area contributed by atoms with E-state index in [4.69, 9.17) is 9.84 Å². The Bertz CT molecular complexity index is 634. The molecule has 0 saturated carbocycles. The van der Waals surface area contributed by atoms with Crippen molar-refractivity contribution in [3.63, 3.8) is 0 Å². The number of hydrogen-bond donors (Lipinski definition) is 1. The van der Waals surface area contributed by atoms with Crippen molar-refractivity contribution in [2.45, 2.75) is 57.8 Å². The van der Waals surface area contributed by atoms with Gasteiger partial charge in [0.1, 0.15) is 5.75 Å². The van der Waals surface area contributed by atoms with Gasteiger partial charge < -0.3 is 9.84 Å². The fourth-order valence-corrected chi connectivity index (χ4v) is 3.10. The van der Waals surface area contributed by atoms with Gasteiger partial charge in [-0.25, -0.2) is 0 Å². The van der Waals surface area contributed by atoms with Crippen LogP contribution in [0.3, 0.4) is 0 Å². The lowest BCUT2D eigenvalue weighted by molar-refractivity contribution is 0.103. The summed E-state index contributed by atoms with van der Waals surface area (Å²) in [6, 6.07) is 16.8. The van der Waals surface area contributed by atoms with E-state index in [9.17, 15) is 4.79 Å². The molecule has 27 heavy (non-hydrogen) atoms. The largest absolute Gasteiger partial charge is 0.494 e. The molecule has 1 N–H and O–H groups in total. The topological polar surface area (TPSA) is 46.5 Å². The average Bonchev–Trinajstić information content (AvgIpc) is 2.72. The Kier molecular flexibility index (Phi) is 10.3. The third-order valence-electron chi connectivity index (χ3n) is 4.72. The molecule has 2 rings (SSSR count). The van der Waals surface area contributed by atoms with Crippen LogP contribution in [0, 0.1) is 0 Å². The van der Waals surface area contributed by atoms with Gasteiger partial charge in [0.25, 0.3) is 0 Å². The second kappa shape index (κ2) is 13.1. The minimum atomic E-state index is 0.0403. The molecule has 0 aliphatic rings. The summed E-state index contributed by atoms with van der Waals surface area (Å²) in [6.45, 7) is 1.05. The zero-order valence-electron chi connectivity index (χ0n) is 16.2. The van der Waals surface area contributed by atoms with Crippen molar-refractivity contribution in [2.24, 2.45) is 0 Å². The van der Waals surface area contributed by atoms with E-state index in [0.29, 0.717) is 17.7 Å². The number of ether oxygens (including phenoxy) is 1. The summed E-state index contributed by atoms with van der Waals surface area (Å²) in [6.07, 6.45) is 10.7. The summed E-state index contributed by atoms with van der Waals surface area (Å²) < 4.78 is 5.78. The highest BCUT2D eigenvalue weighted by Gasteiger charge is 2.08. The van der Waals surface area contributed by atoms with Gasteiger partial charge in [-0.15, -0.1) is 0 Å². The quantitative estimate of drug-likeness (QED) is 0.339. The van der Waals surface area contributed by atoms with Gasteiger partial charge >= 0.3 is 0 Å². The first kappa shape index (κ1) is 21.2. The van der Waals surface area contributed by atoms with E-state index >= 15 is 0 Å². The van der Waals surface area contributed by atoms with Crippen LogP contribution in [-0.2, 0) is 0 Å². The van der Waals surface area contributed by atoms with Crippen LogP contribution >= 0.6 is 0 Å². The van der Waals surface area contributed by atoms with Crippen molar-refractivity contribution >= 4 is 5.78 Å². The molecule has 2 aromatic rings. The molecule has 0 aliphatic heterocycles. The molecular weight excluding hydrogens is 336 g/mol. The number of aliphatic hydroxyl groups is 1. The van der Waals surface area contributed by atoms with Crippen LogP contribution in [-0.4, -0.2) is 24.1 Å². The van der Waals surface area contributed by atoms with Crippen LogP contribution in [0.4, 0.5) is 0 Å². The molecule has 3 heteroatoms. The summed E-state index contributed by atoms with van der Waals surface area (Å²) in [5, 5.41) is 8.73. The fourth-order valence-electron chi connectivity index (χ4n) is 3.10. The predicted molar refractivity (Wildman–Crippen MR) is 110 cm³/mol. The van der Waals surface area contributed by atoms with Crippen molar-refractivity contribution in [1.82, 2.24) is 0 Å². The Morgan fingerprint density at radius 2 is 1.19 bits per heavy atom. The number of aliphatic hydroxyl groups excluding tert-OH is 1. The maximum absolute atomic E-state index is 12.4. The molecule has 3 nitrogen and oxygen atoms in total. The number of ketones is 1. The SMILES string of the molecule is O=C(c1ccccc1)c1ccc(OCCCCCCCCCCCO)cc1. The Hall–Kier alpha value is -2.13. The first-order valence-corrected chi connectivity index (χ1v) is 10.2. The highest BCUT2D eigenvalue weighted by Crippen LogP contribution is 2.16. The Morgan fingerprint density at radius 1 is 0.667 bits per heavy atom. The number of hydrogen-bond acceptors (Lipinski definition) is 3. The van der Waals surface area contributed by atoms with Gasteiger partial charge in [-0.05, 0) is 37.1 Å². The summed E-state index contributed by atoms with van der Waals surface area (Å²) in [4.78, 5) is 12.4. The number of benzene rings is 2. The maximum Gasteiger partial charge on any atom is 0.193 e. The van der Waals surface area contributed by atoms with Crippen molar-refractivity contribution in [2.75, 3.05) is 13.2 Å². The molecule has 0 unspecified atom stereocenters. The van der Waals surface area contributed by atoms with E-state index < -0.39 is 0 Å². The minimum absolute atomic E-state index is 0.0403. The zero-order chi connectivity index (χ0) is 19.2. The molecule has 0 saturated heterocycles. The number of rotatable bonds is 14. The van der Waals surface area contributed by atoms with Crippen LogP contribution in [0.2, 0.25) is 0 Å². The first-order valence-electron chi connectivity index (χ1n) is 10.2. The van der Waals surface area contributed by atoms with E-state index in [0.717, 1.165) is 31.6 Å². The fraction of sp³-hybridized carbons (Fsp3) is 0.458. The first-order chi connectivity index (χ1) is 13.3. The second-order valence-electron chi connectivity index (χ2n) is 6.97. The molecule has 0 aromatic heterocycles. The average molecular weight is 369 g/mol. The summed E-state index contributed by atoms with van der Waals surface area (Å²) >= 11 is 0. The molecule has 2 aromatic carbocycles. The van der Waals surface area contributed by atoms with Gasteiger partial charge in [0.05, 0.1) is 6.61 Å². The van der Waals surface area contributed by atoms with Crippen LogP contribution < -0.4 is 4.74 Å². The van der Waals surface area contributed by atoms with Crippen molar-refractivity contribution in [1.29, 1.82) is 0 Å². The molecule has 0 atom stereocenters. The van der Waals surface area contributed by atoms with Gasteiger partial charge in [0, 0.05) is 17.7 Å². The van der Waals surface area contributed by atoms with Gasteiger partial charge in [-0.3, -0.25) is 4.79 Å². The van der Waals surface area contributed by atoms with E-state index in [2.05, 4.69) is 0 Å². The molecule has 0 spiro atoms. The predicted octanol–water partition coefficient (Wildman–Crippen LogP) is 5.80. The Morgan fingerprint density at radius 3 is 1.78 bits per heavy atom. The van der Waals surface area contributed by atoms with Gasteiger partial charge in [-0.2, -0.15) is 0 Å². The standard InChI is InChI=1S/C24H32O3/c25-19-11-6-4-2-1-3-5-7-12-20-27-23-17-15-22(16-18-23)24(26)21-13-9-8-10-14-21/h8-10,13-18,25H,1-7,11-12,19-20H2. The Balaban J connectivity index is 1.56. The summed E-state index contributed by atoms with van der Waals surface area (Å²) in [5.74, 6) is 0.863. The third-order valence-corrected chi connectivity index (χ3v) is 4.72. The van der Waals surface area contributed by atoms with Crippen molar-refractivity contribution < 1.29 is 14.6 Å².